The smallest absolute Gasteiger partial charge is 0.238 e. The highest BCUT2D eigenvalue weighted by Crippen LogP contribution is 2.20. The number of hydrogen-bond donors (Lipinski definition) is 1. The van der Waals surface area contributed by atoms with E-state index in [-0.39, 0.29) is 12.5 Å². The molecule has 36 heavy (non-hydrogen) atoms. The quantitative estimate of drug-likeness (QED) is 0.434. The van der Waals surface area contributed by atoms with Crippen molar-refractivity contribution in [2.24, 2.45) is 0 Å². The molecule has 0 unspecified atom stereocenters. The molecule has 6 heteroatoms. The van der Waals surface area contributed by atoms with Crippen molar-refractivity contribution in [3.63, 3.8) is 0 Å². The van der Waals surface area contributed by atoms with Crippen LogP contribution < -0.4 is 10.2 Å². The number of carbonyl (C=O) groups is 1. The van der Waals surface area contributed by atoms with E-state index in [1.807, 2.05) is 35.2 Å². The largest absolute Gasteiger partial charge is 0.369 e. The molecule has 1 aliphatic rings. The standard InChI is InChI=1S/C30H33N5O/c1-2-15-34(23-27-10-6-9-26(20-27)21-31)24-30(36)32-28-11-13-29(14-12-28)35-18-16-33(17-19-35)22-25-7-4-3-5-8-25/h2-14,20H,1,15-19,22-24H2,(H,32,36). The van der Waals surface area contributed by atoms with Crippen LogP contribution in [0.15, 0.2) is 91.5 Å². The predicted molar refractivity (Wildman–Crippen MR) is 146 cm³/mol. The molecule has 0 bridgehead atoms. The van der Waals surface area contributed by atoms with E-state index in [1.165, 1.54) is 11.3 Å². The van der Waals surface area contributed by atoms with Crippen LogP contribution in [-0.4, -0.2) is 55.0 Å². The molecule has 1 saturated heterocycles. The Morgan fingerprint density at radius 3 is 2.39 bits per heavy atom. The maximum absolute atomic E-state index is 12.7. The molecule has 0 aromatic heterocycles. The Bertz CT molecular complexity index is 1180. The summed E-state index contributed by atoms with van der Waals surface area (Å²) in [7, 11) is 0. The summed E-state index contributed by atoms with van der Waals surface area (Å²) in [6, 6.07) is 28.3. The van der Waals surface area contributed by atoms with Crippen molar-refractivity contribution >= 4 is 17.3 Å². The molecule has 3 aromatic carbocycles. The average molecular weight is 480 g/mol. The van der Waals surface area contributed by atoms with E-state index in [0.717, 1.165) is 44.0 Å². The van der Waals surface area contributed by atoms with Gasteiger partial charge in [-0.2, -0.15) is 5.26 Å². The number of nitrogens with zero attached hydrogens (tertiary/aromatic N) is 4. The monoisotopic (exact) mass is 479 g/mol. The van der Waals surface area contributed by atoms with Gasteiger partial charge in [-0.3, -0.25) is 14.6 Å². The number of carbonyl (C=O) groups excluding carboxylic acids is 1. The van der Waals surface area contributed by atoms with E-state index in [2.05, 4.69) is 70.2 Å². The van der Waals surface area contributed by atoms with Gasteiger partial charge in [0.2, 0.25) is 5.91 Å². The highest BCUT2D eigenvalue weighted by Gasteiger charge is 2.17. The van der Waals surface area contributed by atoms with Gasteiger partial charge in [0.15, 0.2) is 0 Å². The summed E-state index contributed by atoms with van der Waals surface area (Å²) in [6.45, 7) is 10.2. The Balaban J connectivity index is 1.26. The molecule has 1 aliphatic heterocycles. The molecule has 1 fully saturated rings. The molecule has 1 heterocycles. The summed E-state index contributed by atoms with van der Waals surface area (Å²) in [5.74, 6) is -0.0736. The molecule has 6 nitrogen and oxygen atoms in total. The number of anilines is 2. The van der Waals surface area contributed by atoms with Crippen LogP contribution in [-0.2, 0) is 17.9 Å². The third-order valence-corrected chi connectivity index (χ3v) is 6.35. The van der Waals surface area contributed by atoms with E-state index in [0.29, 0.717) is 18.7 Å². The second kappa shape index (κ2) is 12.7. The van der Waals surface area contributed by atoms with Crippen LogP contribution in [0.4, 0.5) is 11.4 Å². The van der Waals surface area contributed by atoms with Crippen molar-refractivity contribution in [2.75, 3.05) is 49.5 Å². The molecule has 0 saturated carbocycles. The van der Waals surface area contributed by atoms with Crippen LogP contribution in [0.3, 0.4) is 0 Å². The molecule has 1 amide bonds. The highest BCUT2D eigenvalue weighted by molar-refractivity contribution is 5.92. The normalized spacial score (nSPS) is 13.8. The van der Waals surface area contributed by atoms with Gasteiger partial charge in [0.25, 0.3) is 0 Å². The van der Waals surface area contributed by atoms with Gasteiger partial charge in [0, 0.05) is 57.2 Å². The van der Waals surface area contributed by atoms with Gasteiger partial charge in [-0.15, -0.1) is 6.58 Å². The molecule has 0 spiro atoms. The van der Waals surface area contributed by atoms with Crippen molar-refractivity contribution in [1.82, 2.24) is 9.80 Å². The number of amides is 1. The first-order chi connectivity index (χ1) is 17.6. The van der Waals surface area contributed by atoms with Crippen molar-refractivity contribution in [1.29, 1.82) is 5.26 Å². The molecule has 4 rings (SSSR count). The van der Waals surface area contributed by atoms with Gasteiger partial charge in [-0.05, 0) is 47.5 Å². The van der Waals surface area contributed by atoms with Gasteiger partial charge < -0.3 is 10.2 Å². The summed E-state index contributed by atoms with van der Waals surface area (Å²) in [4.78, 5) is 19.6. The number of benzene rings is 3. The molecule has 0 radical (unpaired) electrons. The predicted octanol–water partition coefficient (Wildman–Crippen LogP) is 4.51. The number of rotatable bonds is 10. The summed E-state index contributed by atoms with van der Waals surface area (Å²) in [5, 5.41) is 12.1. The zero-order valence-corrected chi connectivity index (χ0v) is 20.6. The summed E-state index contributed by atoms with van der Waals surface area (Å²) < 4.78 is 0. The maximum Gasteiger partial charge on any atom is 0.238 e. The molecule has 0 aliphatic carbocycles. The molecule has 3 aromatic rings. The minimum atomic E-state index is -0.0736. The van der Waals surface area contributed by atoms with Crippen LogP contribution in [0.2, 0.25) is 0 Å². The highest BCUT2D eigenvalue weighted by atomic mass is 16.2. The molecular formula is C30H33N5O. The number of nitriles is 1. The van der Waals surface area contributed by atoms with Gasteiger partial charge in [-0.1, -0.05) is 48.5 Å². The lowest BCUT2D eigenvalue weighted by Crippen LogP contribution is -2.45. The second-order valence-corrected chi connectivity index (χ2v) is 9.11. The van der Waals surface area contributed by atoms with E-state index >= 15 is 0 Å². The van der Waals surface area contributed by atoms with E-state index in [4.69, 9.17) is 5.26 Å². The fourth-order valence-corrected chi connectivity index (χ4v) is 4.53. The number of hydrogen-bond acceptors (Lipinski definition) is 5. The van der Waals surface area contributed by atoms with Crippen LogP contribution in [0, 0.1) is 11.3 Å². The summed E-state index contributed by atoms with van der Waals surface area (Å²) in [5.41, 5.74) is 4.94. The molecule has 184 valence electrons. The lowest BCUT2D eigenvalue weighted by Gasteiger charge is -2.36. The fourth-order valence-electron chi connectivity index (χ4n) is 4.53. The SMILES string of the molecule is C=CCN(CC(=O)Nc1ccc(N2CCN(Cc3ccccc3)CC2)cc1)Cc1cccc(C#N)c1. The van der Waals surface area contributed by atoms with E-state index in [9.17, 15) is 4.79 Å². The Hall–Kier alpha value is -3.92. The van der Waals surface area contributed by atoms with E-state index < -0.39 is 0 Å². The molecule has 1 N–H and O–H groups in total. The number of piperazine rings is 1. The van der Waals surface area contributed by atoms with Crippen LogP contribution in [0.1, 0.15) is 16.7 Å². The Morgan fingerprint density at radius 1 is 0.972 bits per heavy atom. The van der Waals surface area contributed by atoms with Gasteiger partial charge >= 0.3 is 0 Å². The van der Waals surface area contributed by atoms with Crippen LogP contribution in [0.25, 0.3) is 0 Å². The van der Waals surface area contributed by atoms with Crippen molar-refractivity contribution < 1.29 is 4.79 Å². The first-order valence-corrected chi connectivity index (χ1v) is 12.4. The third-order valence-electron chi connectivity index (χ3n) is 6.35. The van der Waals surface area contributed by atoms with Gasteiger partial charge in [0.05, 0.1) is 18.2 Å². The fraction of sp³-hybridized carbons (Fsp3) is 0.267. The van der Waals surface area contributed by atoms with Crippen LogP contribution >= 0.6 is 0 Å². The second-order valence-electron chi connectivity index (χ2n) is 9.11. The Labute approximate surface area is 214 Å². The van der Waals surface area contributed by atoms with E-state index in [1.54, 1.807) is 12.1 Å². The zero-order chi connectivity index (χ0) is 25.2. The zero-order valence-electron chi connectivity index (χ0n) is 20.6. The van der Waals surface area contributed by atoms with Crippen molar-refractivity contribution in [2.45, 2.75) is 13.1 Å². The minimum Gasteiger partial charge on any atom is -0.369 e. The number of nitrogens with one attached hydrogen (secondary N) is 1. The average Bonchev–Trinajstić information content (AvgIpc) is 2.90. The first-order valence-electron chi connectivity index (χ1n) is 12.4. The van der Waals surface area contributed by atoms with Crippen LogP contribution in [0.5, 0.6) is 0 Å². The maximum atomic E-state index is 12.7. The Morgan fingerprint density at radius 2 is 1.69 bits per heavy atom. The van der Waals surface area contributed by atoms with Gasteiger partial charge in [-0.25, -0.2) is 0 Å². The topological polar surface area (TPSA) is 62.6 Å². The van der Waals surface area contributed by atoms with Gasteiger partial charge in [0.1, 0.15) is 0 Å². The molecular weight excluding hydrogens is 446 g/mol. The lowest BCUT2D eigenvalue weighted by atomic mass is 10.1. The minimum absolute atomic E-state index is 0.0736. The summed E-state index contributed by atoms with van der Waals surface area (Å²) in [6.07, 6.45) is 1.79. The van der Waals surface area contributed by atoms with Crippen molar-refractivity contribution in [3.05, 3.63) is 108 Å². The molecule has 0 atom stereocenters. The Kier molecular flexibility index (Phi) is 8.87. The summed E-state index contributed by atoms with van der Waals surface area (Å²) >= 11 is 0. The van der Waals surface area contributed by atoms with Crippen molar-refractivity contribution in [3.8, 4) is 6.07 Å². The lowest BCUT2D eigenvalue weighted by molar-refractivity contribution is -0.117. The third kappa shape index (κ3) is 7.29. The first kappa shape index (κ1) is 25.2.